The van der Waals surface area contributed by atoms with E-state index >= 15 is 0 Å². The largest absolute Gasteiger partial charge is 0.340 e. The van der Waals surface area contributed by atoms with Crippen molar-refractivity contribution in [3.63, 3.8) is 0 Å². The number of anilines is 4. The molecule has 2 aromatic carbocycles. The summed E-state index contributed by atoms with van der Waals surface area (Å²) in [6.07, 6.45) is 0. The average molecular weight is 308 g/mol. The van der Waals surface area contributed by atoms with Crippen LogP contribution in [0.25, 0.3) is 0 Å². The van der Waals surface area contributed by atoms with E-state index in [0.29, 0.717) is 11.8 Å². The van der Waals surface area contributed by atoms with Crippen molar-refractivity contribution in [2.45, 2.75) is 13.8 Å². The summed E-state index contributed by atoms with van der Waals surface area (Å²) in [5, 5.41) is 6.35. The third-order valence-electron chi connectivity index (χ3n) is 3.25. The maximum Gasteiger partial charge on any atom is 0.229 e. The number of hydrogen-bond acceptors (Lipinski definition) is 4. The number of aromatic nitrogens is 2. The molecule has 0 spiro atoms. The Balaban J connectivity index is 1.82. The number of nitrogens with zero attached hydrogens (tertiary/aromatic N) is 2. The summed E-state index contributed by atoms with van der Waals surface area (Å²) in [7, 11) is 0. The maximum absolute atomic E-state index is 13.0. The van der Waals surface area contributed by atoms with Crippen LogP contribution in [-0.2, 0) is 0 Å². The molecule has 0 saturated carbocycles. The summed E-state index contributed by atoms with van der Waals surface area (Å²) in [6.45, 7) is 3.94. The first-order chi connectivity index (χ1) is 11.1. The molecule has 3 aromatic rings. The standard InChI is InChI=1S/C18H17FN4/c1-12-4-3-5-16(10-12)21-17-11-13(2)20-18(23-17)22-15-8-6-14(19)7-9-15/h3-11H,1-2H3,(H2,20,21,22,23). The van der Waals surface area contributed by atoms with Gasteiger partial charge in [-0.25, -0.2) is 9.37 Å². The first kappa shape index (κ1) is 15.0. The van der Waals surface area contributed by atoms with Crippen LogP contribution in [0.2, 0.25) is 0 Å². The normalized spacial score (nSPS) is 10.4. The molecule has 0 bridgehead atoms. The summed E-state index contributed by atoms with van der Waals surface area (Å²) >= 11 is 0. The molecule has 1 aromatic heterocycles. The highest BCUT2D eigenvalue weighted by molar-refractivity contribution is 5.60. The average Bonchev–Trinajstić information content (AvgIpc) is 2.49. The van der Waals surface area contributed by atoms with Crippen molar-refractivity contribution in [2.24, 2.45) is 0 Å². The van der Waals surface area contributed by atoms with Gasteiger partial charge in [-0.05, 0) is 55.8 Å². The molecular weight excluding hydrogens is 291 g/mol. The van der Waals surface area contributed by atoms with Gasteiger partial charge in [-0.1, -0.05) is 12.1 Å². The molecule has 116 valence electrons. The summed E-state index contributed by atoms with van der Waals surface area (Å²) < 4.78 is 13.0. The molecule has 1 heterocycles. The minimum Gasteiger partial charge on any atom is -0.340 e. The Morgan fingerprint density at radius 1 is 0.826 bits per heavy atom. The van der Waals surface area contributed by atoms with Gasteiger partial charge in [0.25, 0.3) is 0 Å². The van der Waals surface area contributed by atoms with Gasteiger partial charge in [-0.2, -0.15) is 4.98 Å². The van der Waals surface area contributed by atoms with Crippen molar-refractivity contribution < 1.29 is 4.39 Å². The Hall–Kier alpha value is -2.95. The van der Waals surface area contributed by atoms with Gasteiger partial charge in [0.15, 0.2) is 0 Å². The fraction of sp³-hybridized carbons (Fsp3) is 0.111. The van der Waals surface area contributed by atoms with Crippen LogP contribution in [0.15, 0.2) is 54.6 Å². The molecular formula is C18H17FN4. The van der Waals surface area contributed by atoms with Crippen LogP contribution < -0.4 is 10.6 Å². The van der Waals surface area contributed by atoms with Gasteiger partial charge in [0.05, 0.1) is 0 Å². The van der Waals surface area contributed by atoms with E-state index in [1.165, 1.54) is 17.7 Å². The molecule has 0 unspecified atom stereocenters. The van der Waals surface area contributed by atoms with E-state index in [2.05, 4.69) is 20.6 Å². The lowest BCUT2D eigenvalue weighted by molar-refractivity contribution is 0.628. The van der Waals surface area contributed by atoms with Crippen molar-refractivity contribution in [3.05, 3.63) is 71.7 Å². The quantitative estimate of drug-likeness (QED) is 0.732. The highest BCUT2D eigenvalue weighted by atomic mass is 19.1. The van der Waals surface area contributed by atoms with E-state index in [-0.39, 0.29) is 5.82 Å². The minimum absolute atomic E-state index is 0.275. The highest BCUT2D eigenvalue weighted by Crippen LogP contribution is 2.20. The Morgan fingerprint density at radius 3 is 2.35 bits per heavy atom. The predicted molar refractivity (Wildman–Crippen MR) is 90.9 cm³/mol. The van der Waals surface area contributed by atoms with Crippen LogP contribution in [-0.4, -0.2) is 9.97 Å². The van der Waals surface area contributed by atoms with Gasteiger partial charge >= 0.3 is 0 Å². The fourth-order valence-corrected chi connectivity index (χ4v) is 2.22. The summed E-state index contributed by atoms with van der Waals surface area (Å²) in [4.78, 5) is 8.80. The zero-order valence-electron chi connectivity index (χ0n) is 13.0. The van der Waals surface area contributed by atoms with Gasteiger partial charge in [-0.3, -0.25) is 0 Å². The van der Waals surface area contributed by atoms with Crippen molar-refractivity contribution >= 4 is 23.1 Å². The van der Waals surface area contributed by atoms with Gasteiger partial charge in [0.1, 0.15) is 11.6 Å². The molecule has 0 fully saturated rings. The number of halogens is 1. The topological polar surface area (TPSA) is 49.8 Å². The van der Waals surface area contributed by atoms with Crippen molar-refractivity contribution in [3.8, 4) is 0 Å². The molecule has 5 heteroatoms. The van der Waals surface area contributed by atoms with E-state index < -0.39 is 0 Å². The van der Waals surface area contributed by atoms with Crippen LogP contribution in [0.5, 0.6) is 0 Å². The lowest BCUT2D eigenvalue weighted by atomic mass is 10.2. The van der Waals surface area contributed by atoms with E-state index in [9.17, 15) is 4.39 Å². The highest BCUT2D eigenvalue weighted by Gasteiger charge is 2.04. The molecule has 4 nitrogen and oxygen atoms in total. The third-order valence-corrected chi connectivity index (χ3v) is 3.25. The SMILES string of the molecule is Cc1cccc(Nc2cc(C)nc(Nc3ccc(F)cc3)n2)c1. The summed E-state index contributed by atoms with van der Waals surface area (Å²) in [5.41, 5.74) is 3.71. The predicted octanol–water partition coefficient (Wildman–Crippen LogP) is 4.72. The van der Waals surface area contributed by atoms with Crippen LogP contribution in [0.3, 0.4) is 0 Å². The Labute approximate surface area is 134 Å². The molecule has 23 heavy (non-hydrogen) atoms. The van der Waals surface area contributed by atoms with E-state index in [0.717, 1.165) is 17.1 Å². The molecule has 0 radical (unpaired) electrons. The Bertz CT molecular complexity index is 816. The number of hydrogen-bond donors (Lipinski definition) is 2. The molecule has 0 saturated heterocycles. The van der Waals surface area contributed by atoms with Crippen LogP contribution in [0.1, 0.15) is 11.3 Å². The molecule has 0 aliphatic rings. The molecule has 0 amide bonds. The van der Waals surface area contributed by atoms with Gasteiger partial charge in [0.2, 0.25) is 5.95 Å². The second-order valence-electron chi connectivity index (χ2n) is 5.34. The lowest BCUT2D eigenvalue weighted by Crippen LogP contribution is -2.02. The zero-order chi connectivity index (χ0) is 16.2. The molecule has 2 N–H and O–H groups in total. The second kappa shape index (κ2) is 6.44. The molecule has 0 aliphatic heterocycles. The van der Waals surface area contributed by atoms with Crippen LogP contribution in [0, 0.1) is 19.7 Å². The smallest absolute Gasteiger partial charge is 0.229 e. The summed E-state index contributed by atoms with van der Waals surface area (Å²) in [6, 6.07) is 16.0. The monoisotopic (exact) mass is 308 g/mol. The Kier molecular flexibility index (Phi) is 4.19. The number of benzene rings is 2. The van der Waals surface area contributed by atoms with Crippen LogP contribution >= 0.6 is 0 Å². The first-order valence-corrected chi connectivity index (χ1v) is 7.30. The van der Waals surface area contributed by atoms with Crippen molar-refractivity contribution in [2.75, 3.05) is 10.6 Å². The molecule has 0 aliphatic carbocycles. The van der Waals surface area contributed by atoms with Gasteiger partial charge in [0, 0.05) is 23.1 Å². The van der Waals surface area contributed by atoms with Crippen molar-refractivity contribution in [1.82, 2.24) is 9.97 Å². The first-order valence-electron chi connectivity index (χ1n) is 7.30. The molecule has 0 atom stereocenters. The van der Waals surface area contributed by atoms with Gasteiger partial charge in [-0.15, -0.1) is 0 Å². The maximum atomic E-state index is 13.0. The molecule has 3 rings (SSSR count). The van der Waals surface area contributed by atoms with E-state index in [1.807, 2.05) is 44.2 Å². The van der Waals surface area contributed by atoms with Crippen molar-refractivity contribution in [1.29, 1.82) is 0 Å². The van der Waals surface area contributed by atoms with Crippen LogP contribution in [0.4, 0.5) is 27.5 Å². The summed E-state index contributed by atoms with van der Waals surface area (Å²) in [5.74, 6) is 0.891. The lowest BCUT2D eigenvalue weighted by Gasteiger charge is -2.10. The number of rotatable bonds is 4. The number of nitrogens with one attached hydrogen (secondary N) is 2. The minimum atomic E-state index is -0.275. The van der Waals surface area contributed by atoms with Gasteiger partial charge < -0.3 is 10.6 Å². The van der Waals surface area contributed by atoms with E-state index in [4.69, 9.17) is 0 Å². The number of aryl methyl sites for hydroxylation is 2. The zero-order valence-corrected chi connectivity index (χ0v) is 13.0. The second-order valence-corrected chi connectivity index (χ2v) is 5.34. The third kappa shape index (κ3) is 4.03. The van der Waals surface area contributed by atoms with E-state index in [1.54, 1.807) is 12.1 Å². The Morgan fingerprint density at radius 2 is 1.61 bits per heavy atom. The fourth-order valence-electron chi connectivity index (χ4n) is 2.22.